The van der Waals surface area contributed by atoms with Gasteiger partial charge in [0.25, 0.3) is 0 Å². The standard InChI is InChI=1S/C36H62O5/c1-6-7-8-9-10-11-12-13-14-15-16-17-18-19-20-21-22-23-32(37)40-30-26-27-36(28-39-36)34(33(30)38-5)35(4)31(41-35)25-24-29(2)3/h15-16,24,30-31,33-34H,6-14,17-23,25-28H2,1-5H3/t30-,31-,33-,34-,35+,36+/m1/s1. The highest BCUT2D eigenvalue weighted by atomic mass is 16.6. The topological polar surface area (TPSA) is 60.6 Å². The molecule has 1 saturated carbocycles. The molecule has 3 fully saturated rings. The van der Waals surface area contributed by atoms with Gasteiger partial charge in [-0.25, -0.2) is 0 Å². The predicted octanol–water partition coefficient (Wildman–Crippen LogP) is 9.42. The van der Waals surface area contributed by atoms with Gasteiger partial charge < -0.3 is 18.9 Å². The van der Waals surface area contributed by atoms with Gasteiger partial charge in [0.05, 0.1) is 18.6 Å². The van der Waals surface area contributed by atoms with E-state index in [2.05, 4.69) is 45.9 Å². The first-order chi connectivity index (χ1) is 19.9. The van der Waals surface area contributed by atoms with Crippen LogP contribution in [-0.4, -0.2) is 49.2 Å². The number of esters is 1. The van der Waals surface area contributed by atoms with Crippen molar-refractivity contribution in [3.05, 3.63) is 23.8 Å². The maximum absolute atomic E-state index is 12.8. The van der Waals surface area contributed by atoms with Crippen LogP contribution in [0.5, 0.6) is 0 Å². The van der Waals surface area contributed by atoms with Crippen LogP contribution in [0.3, 0.4) is 0 Å². The number of rotatable bonds is 22. The van der Waals surface area contributed by atoms with Crippen LogP contribution in [0.25, 0.3) is 0 Å². The molecule has 3 aliphatic rings. The summed E-state index contributed by atoms with van der Waals surface area (Å²) in [4.78, 5) is 12.8. The largest absolute Gasteiger partial charge is 0.460 e. The zero-order chi connectivity index (χ0) is 29.6. The van der Waals surface area contributed by atoms with Gasteiger partial charge in [0.15, 0.2) is 0 Å². The summed E-state index contributed by atoms with van der Waals surface area (Å²) >= 11 is 0. The first-order valence-electron chi connectivity index (χ1n) is 17.2. The molecule has 5 heteroatoms. The Balaban J connectivity index is 1.24. The number of hydrogen-bond donors (Lipinski definition) is 0. The van der Waals surface area contributed by atoms with Crippen LogP contribution in [0.15, 0.2) is 23.8 Å². The molecule has 0 aromatic carbocycles. The summed E-state index contributed by atoms with van der Waals surface area (Å²) in [6.45, 7) is 9.46. The first-order valence-corrected chi connectivity index (χ1v) is 17.2. The number of carbonyl (C=O) groups is 1. The molecule has 236 valence electrons. The molecule has 2 aliphatic heterocycles. The Morgan fingerprint density at radius 3 is 2.05 bits per heavy atom. The molecule has 5 nitrogen and oxygen atoms in total. The Kier molecular flexibility index (Phi) is 14.9. The molecule has 41 heavy (non-hydrogen) atoms. The molecule has 0 aromatic heterocycles. The van der Waals surface area contributed by atoms with E-state index >= 15 is 0 Å². The first kappa shape index (κ1) is 34.3. The molecule has 0 radical (unpaired) electrons. The van der Waals surface area contributed by atoms with Gasteiger partial charge in [0.1, 0.15) is 23.4 Å². The van der Waals surface area contributed by atoms with E-state index in [1.807, 2.05) is 0 Å². The van der Waals surface area contributed by atoms with Crippen LogP contribution in [0.4, 0.5) is 0 Å². The highest BCUT2D eigenvalue weighted by Crippen LogP contribution is 2.59. The quantitative estimate of drug-likeness (QED) is 0.0558. The lowest BCUT2D eigenvalue weighted by Gasteiger charge is -2.42. The van der Waals surface area contributed by atoms with Crippen LogP contribution in [-0.2, 0) is 23.7 Å². The molecular weight excluding hydrogens is 512 g/mol. The second kappa shape index (κ2) is 17.8. The number of methoxy groups -OCH3 is 1. The number of ether oxygens (including phenoxy) is 4. The van der Waals surface area contributed by atoms with Gasteiger partial charge in [-0.3, -0.25) is 4.79 Å². The number of allylic oxidation sites excluding steroid dienone is 3. The smallest absolute Gasteiger partial charge is 0.306 e. The van der Waals surface area contributed by atoms with Crippen LogP contribution in [0.2, 0.25) is 0 Å². The van der Waals surface area contributed by atoms with Gasteiger partial charge in [-0.2, -0.15) is 0 Å². The molecule has 2 saturated heterocycles. The van der Waals surface area contributed by atoms with Gasteiger partial charge in [-0.05, 0) is 72.1 Å². The zero-order valence-electron chi connectivity index (χ0n) is 27.2. The molecule has 6 atom stereocenters. The average Bonchev–Trinajstić information content (AvgIpc) is 3.87. The van der Waals surface area contributed by atoms with Gasteiger partial charge in [0.2, 0.25) is 0 Å². The summed E-state index contributed by atoms with van der Waals surface area (Å²) in [6, 6.07) is 0. The normalized spacial score (nSPS) is 30.6. The fraction of sp³-hybridized carbons (Fsp3) is 0.861. The highest BCUT2D eigenvalue weighted by Gasteiger charge is 2.72. The van der Waals surface area contributed by atoms with E-state index in [-0.39, 0.29) is 41.4 Å². The number of carbonyl (C=O) groups excluding carboxylic acids is 1. The second-order valence-electron chi connectivity index (χ2n) is 13.4. The molecule has 0 unspecified atom stereocenters. The van der Waals surface area contributed by atoms with E-state index in [1.165, 1.54) is 89.0 Å². The van der Waals surface area contributed by atoms with Gasteiger partial charge in [-0.15, -0.1) is 0 Å². The minimum Gasteiger partial charge on any atom is -0.460 e. The van der Waals surface area contributed by atoms with Crippen LogP contribution in [0, 0.1) is 5.92 Å². The number of hydrogen-bond acceptors (Lipinski definition) is 5. The minimum atomic E-state index is -0.295. The lowest BCUT2D eigenvalue weighted by Crippen LogP contribution is -2.55. The minimum absolute atomic E-state index is 0.0801. The van der Waals surface area contributed by atoms with Gasteiger partial charge in [0, 0.05) is 13.5 Å². The molecule has 1 spiro atoms. The fourth-order valence-electron chi connectivity index (χ4n) is 6.99. The van der Waals surface area contributed by atoms with Crippen molar-refractivity contribution in [3.63, 3.8) is 0 Å². The molecule has 0 amide bonds. The summed E-state index contributed by atoms with van der Waals surface area (Å²) in [7, 11) is 1.74. The predicted molar refractivity (Wildman–Crippen MR) is 168 cm³/mol. The molecule has 1 aliphatic carbocycles. The van der Waals surface area contributed by atoms with Gasteiger partial charge in [-0.1, -0.05) is 94.9 Å². The Morgan fingerprint density at radius 1 is 0.902 bits per heavy atom. The maximum atomic E-state index is 12.8. The summed E-state index contributed by atoms with van der Waals surface area (Å²) in [5.41, 5.74) is 0.831. The second-order valence-corrected chi connectivity index (χ2v) is 13.4. The van der Waals surface area contributed by atoms with Crippen LogP contribution in [0.1, 0.15) is 150 Å². The molecule has 0 N–H and O–H groups in total. The van der Waals surface area contributed by atoms with Crippen molar-refractivity contribution in [2.75, 3.05) is 13.7 Å². The Morgan fingerprint density at radius 2 is 1.49 bits per heavy atom. The number of unbranched alkanes of at least 4 members (excludes halogenated alkanes) is 13. The van der Waals surface area contributed by atoms with Crippen molar-refractivity contribution in [3.8, 4) is 0 Å². The summed E-state index contributed by atoms with van der Waals surface area (Å²) in [5.74, 6) is -0.00759. The average molecular weight is 575 g/mol. The fourth-order valence-corrected chi connectivity index (χ4v) is 6.99. The van der Waals surface area contributed by atoms with E-state index < -0.39 is 0 Å². The third-order valence-corrected chi connectivity index (χ3v) is 9.66. The molecular formula is C36H62O5. The van der Waals surface area contributed by atoms with Crippen molar-refractivity contribution < 1.29 is 23.7 Å². The third kappa shape index (κ3) is 11.1. The van der Waals surface area contributed by atoms with E-state index in [9.17, 15) is 4.79 Å². The van der Waals surface area contributed by atoms with E-state index in [1.54, 1.807) is 7.11 Å². The summed E-state index contributed by atoms with van der Waals surface area (Å²) in [6.07, 6.45) is 29.0. The maximum Gasteiger partial charge on any atom is 0.306 e. The Hall–Kier alpha value is -1.17. The highest BCUT2D eigenvalue weighted by molar-refractivity contribution is 5.69. The Labute approximate surface area is 252 Å². The Bertz CT molecular complexity index is 811. The number of epoxide rings is 2. The molecule has 0 aromatic rings. The van der Waals surface area contributed by atoms with E-state index in [4.69, 9.17) is 18.9 Å². The molecule has 3 rings (SSSR count). The van der Waals surface area contributed by atoms with Crippen molar-refractivity contribution in [1.82, 2.24) is 0 Å². The van der Waals surface area contributed by atoms with Crippen LogP contribution < -0.4 is 0 Å². The van der Waals surface area contributed by atoms with Crippen molar-refractivity contribution in [2.45, 2.75) is 179 Å². The van der Waals surface area contributed by atoms with Crippen molar-refractivity contribution in [1.29, 1.82) is 0 Å². The zero-order valence-corrected chi connectivity index (χ0v) is 27.2. The molecule has 2 heterocycles. The molecule has 0 bridgehead atoms. The van der Waals surface area contributed by atoms with Crippen molar-refractivity contribution >= 4 is 5.97 Å². The van der Waals surface area contributed by atoms with E-state index in [0.717, 1.165) is 38.7 Å². The summed E-state index contributed by atoms with van der Waals surface area (Å²) in [5, 5.41) is 0. The third-order valence-electron chi connectivity index (χ3n) is 9.66. The lowest BCUT2D eigenvalue weighted by molar-refractivity contribution is -0.172. The van der Waals surface area contributed by atoms with Gasteiger partial charge >= 0.3 is 5.97 Å². The summed E-state index contributed by atoms with van der Waals surface area (Å²) < 4.78 is 24.3. The van der Waals surface area contributed by atoms with E-state index in [0.29, 0.717) is 6.42 Å². The monoisotopic (exact) mass is 574 g/mol. The lowest BCUT2D eigenvalue weighted by atomic mass is 9.68. The van der Waals surface area contributed by atoms with Crippen molar-refractivity contribution in [2.24, 2.45) is 5.92 Å². The van der Waals surface area contributed by atoms with Crippen LogP contribution >= 0.6 is 0 Å². The SMILES string of the molecule is CCCCCCCCCCC=CCCCCCCCC(=O)O[C@@H]1CC[C@]2(CO2)[C@@H]([C@@]2(C)O[C@@H]2CC=C(C)C)[C@@H]1OC.